The quantitative estimate of drug-likeness (QED) is 0.818. The Morgan fingerprint density at radius 3 is 2.70 bits per heavy atom. The number of pyridine rings is 1. The lowest BCUT2D eigenvalue weighted by Crippen LogP contribution is -2.29. The highest BCUT2D eigenvalue weighted by Crippen LogP contribution is 2.26. The van der Waals surface area contributed by atoms with Crippen LogP contribution in [-0.2, 0) is 11.2 Å². The number of nitrogens with zero attached hydrogens (tertiary/aromatic N) is 3. The molecule has 0 fully saturated rings. The van der Waals surface area contributed by atoms with E-state index in [0.29, 0.717) is 17.8 Å². The molecule has 2 heterocycles. The van der Waals surface area contributed by atoms with E-state index in [0.717, 1.165) is 17.8 Å². The van der Waals surface area contributed by atoms with Crippen LogP contribution in [0.2, 0.25) is 0 Å². The number of aromatic nitrogens is 1. The summed E-state index contributed by atoms with van der Waals surface area (Å²) in [5.74, 6) is 0.467. The Labute approximate surface area is 134 Å². The van der Waals surface area contributed by atoms with Gasteiger partial charge < -0.3 is 4.90 Å². The number of rotatable bonds is 3. The van der Waals surface area contributed by atoms with Crippen molar-refractivity contribution >= 4 is 23.3 Å². The Balaban J connectivity index is 1.82. The fourth-order valence-corrected chi connectivity index (χ4v) is 2.65. The summed E-state index contributed by atoms with van der Waals surface area (Å²) in [5.41, 5.74) is 2.38. The summed E-state index contributed by atoms with van der Waals surface area (Å²) in [7, 11) is 1.67. The first-order valence-corrected chi connectivity index (χ1v) is 7.38. The molecule has 1 aromatic carbocycles. The highest BCUT2D eigenvalue weighted by molar-refractivity contribution is 6.07. The number of amides is 2. The van der Waals surface area contributed by atoms with Crippen LogP contribution in [0, 0.1) is 0 Å². The van der Waals surface area contributed by atoms with Gasteiger partial charge in [0.05, 0.1) is 0 Å². The molecule has 0 spiro atoms. The van der Waals surface area contributed by atoms with Crippen molar-refractivity contribution in [3.63, 3.8) is 0 Å². The summed E-state index contributed by atoms with van der Waals surface area (Å²) < 4.78 is 0. The average Bonchev–Trinajstić information content (AvgIpc) is 3.04. The Morgan fingerprint density at radius 1 is 1.26 bits per heavy atom. The van der Waals surface area contributed by atoms with Crippen LogP contribution >= 0.6 is 0 Å². The van der Waals surface area contributed by atoms with E-state index in [-0.39, 0.29) is 11.8 Å². The number of carbonyl (C=O) groups excluding carboxylic acids is 2. The first-order valence-electron chi connectivity index (χ1n) is 7.38. The van der Waals surface area contributed by atoms with Crippen LogP contribution < -0.4 is 9.80 Å². The summed E-state index contributed by atoms with van der Waals surface area (Å²) in [5, 5.41) is 0. The predicted molar refractivity (Wildman–Crippen MR) is 89.7 cm³/mol. The highest BCUT2D eigenvalue weighted by atomic mass is 16.2. The zero-order valence-electron chi connectivity index (χ0n) is 12.9. The fourth-order valence-electron chi connectivity index (χ4n) is 2.65. The minimum atomic E-state index is -0.193. The molecule has 116 valence electrons. The Bertz CT molecular complexity index is 768. The number of anilines is 2. The van der Waals surface area contributed by atoms with Crippen LogP contribution in [0.5, 0.6) is 0 Å². The summed E-state index contributed by atoms with van der Waals surface area (Å²) in [6.45, 7) is 4.11. The number of fused-ring (bicyclic) bond motifs is 1. The van der Waals surface area contributed by atoms with Crippen LogP contribution in [0.3, 0.4) is 0 Å². The van der Waals surface area contributed by atoms with Gasteiger partial charge in [-0.1, -0.05) is 12.6 Å². The molecule has 0 N–H and O–H groups in total. The maximum atomic E-state index is 12.7. The van der Waals surface area contributed by atoms with E-state index in [1.807, 2.05) is 12.1 Å². The van der Waals surface area contributed by atoms with Crippen molar-refractivity contribution in [3.05, 3.63) is 66.4 Å². The van der Waals surface area contributed by atoms with Crippen LogP contribution in [0.1, 0.15) is 15.9 Å². The number of hydrogen-bond acceptors (Lipinski definition) is 3. The summed E-state index contributed by atoms with van der Waals surface area (Å²) in [4.78, 5) is 31.8. The molecule has 5 nitrogen and oxygen atoms in total. The third kappa shape index (κ3) is 2.73. The van der Waals surface area contributed by atoms with Gasteiger partial charge in [-0.15, -0.1) is 0 Å². The second-order valence-electron chi connectivity index (χ2n) is 5.34. The van der Waals surface area contributed by atoms with Crippen molar-refractivity contribution in [2.24, 2.45) is 0 Å². The second kappa shape index (κ2) is 6.04. The number of benzene rings is 1. The van der Waals surface area contributed by atoms with Crippen molar-refractivity contribution in [1.29, 1.82) is 0 Å². The Hall–Kier alpha value is -2.95. The third-order valence-electron chi connectivity index (χ3n) is 3.98. The minimum Gasteiger partial charge on any atom is -0.312 e. The molecular formula is C18H17N3O2. The van der Waals surface area contributed by atoms with Crippen molar-refractivity contribution < 1.29 is 9.59 Å². The molecule has 1 aliphatic rings. The summed E-state index contributed by atoms with van der Waals surface area (Å²) >= 11 is 0. The molecule has 0 atom stereocenters. The highest BCUT2D eigenvalue weighted by Gasteiger charge is 2.26. The van der Waals surface area contributed by atoms with E-state index < -0.39 is 0 Å². The van der Waals surface area contributed by atoms with Crippen molar-refractivity contribution in [1.82, 2.24) is 4.98 Å². The van der Waals surface area contributed by atoms with Gasteiger partial charge in [0, 0.05) is 31.0 Å². The zero-order valence-corrected chi connectivity index (χ0v) is 12.9. The van der Waals surface area contributed by atoms with Crippen molar-refractivity contribution in [3.8, 4) is 0 Å². The van der Waals surface area contributed by atoms with Gasteiger partial charge in [0.2, 0.25) is 5.91 Å². The topological polar surface area (TPSA) is 53.5 Å². The molecule has 23 heavy (non-hydrogen) atoms. The smallest absolute Gasteiger partial charge is 0.259 e. The molecular weight excluding hydrogens is 290 g/mol. The third-order valence-corrected chi connectivity index (χ3v) is 3.98. The first-order chi connectivity index (χ1) is 11.1. The van der Waals surface area contributed by atoms with Crippen LogP contribution in [0.15, 0.2) is 55.3 Å². The van der Waals surface area contributed by atoms with Gasteiger partial charge in [0.1, 0.15) is 5.82 Å². The number of carbonyl (C=O) groups is 2. The minimum absolute atomic E-state index is 0.0771. The molecule has 0 unspecified atom stereocenters. The first kappa shape index (κ1) is 15.0. The second-order valence-corrected chi connectivity index (χ2v) is 5.34. The van der Waals surface area contributed by atoms with E-state index in [1.54, 1.807) is 42.4 Å². The zero-order chi connectivity index (χ0) is 16.4. The van der Waals surface area contributed by atoms with Gasteiger partial charge >= 0.3 is 0 Å². The molecule has 2 amide bonds. The van der Waals surface area contributed by atoms with E-state index in [9.17, 15) is 9.59 Å². The lowest BCUT2D eigenvalue weighted by Gasteiger charge is -2.18. The molecule has 0 aliphatic carbocycles. The largest absolute Gasteiger partial charge is 0.312 e. The van der Waals surface area contributed by atoms with Crippen LogP contribution in [0.25, 0.3) is 0 Å². The maximum Gasteiger partial charge on any atom is 0.259 e. The van der Waals surface area contributed by atoms with E-state index >= 15 is 0 Å². The molecule has 5 heteroatoms. The molecule has 0 radical (unpaired) electrons. The van der Waals surface area contributed by atoms with Crippen molar-refractivity contribution in [2.45, 2.75) is 6.42 Å². The molecule has 1 aromatic heterocycles. The number of hydrogen-bond donors (Lipinski definition) is 0. The van der Waals surface area contributed by atoms with Crippen LogP contribution in [-0.4, -0.2) is 30.4 Å². The lowest BCUT2D eigenvalue weighted by molar-refractivity contribution is -0.113. The van der Waals surface area contributed by atoms with Gasteiger partial charge in [0.15, 0.2) is 0 Å². The van der Waals surface area contributed by atoms with Gasteiger partial charge in [-0.05, 0) is 48.4 Å². The van der Waals surface area contributed by atoms with Gasteiger partial charge in [-0.3, -0.25) is 14.5 Å². The number of likely N-dealkylation sites (N-methyl/N-ethyl adjacent to an activating group) is 1. The normalized spacial score (nSPS) is 12.7. The fraction of sp³-hybridized carbons (Fsp3) is 0.167. The molecule has 3 rings (SSSR count). The van der Waals surface area contributed by atoms with E-state index in [4.69, 9.17) is 0 Å². The molecule has 0 bridgehead atoms. The lowest BCUT2D eigenvalue weighted by atomic mass is 10.1. The summed E-state index contributed by atoms with van der Waals surface area (Å²) in [6, 6.07) is 10.8. The van der Waals surface area contributed by atoms with Crippen molar-refractivity contribution in [2.75, 3.05) is 23.4 Å². The molecule has 0 saturated carbocycles. The van der Waals surface area contributed by atoms with Crippen LogP contribution in [0.4, 0.5) is 11.5 Å². The Morgan fingerprint density at radius 2 is 2.00 bits per heavy atom. The standard InChI is InChI=1S/C18H17N3O2/c1-3-16(22)20(2)15-8-6-14(7-9-15)18(23)21-12-10-13-5-4-11-19-17(13)21/h3-9,11H,1,10,12H2,2H3. The monoisotopic (exact) mass is 307 g/mol. The predicted octanol–water partition coefficient (Wildman–Crippen LogP) is 2.43. The maximum absolute atomic E-state index is 12.7. The van der Waals surface area contributed by atoms with E-state index in [2.05, 4.69) is 11.6 Å². The van der Waals surface area contributed by atoms with Gasteiger partial charge in [-0.2, -0.15) is 0 Å². The average molecular weight is 307 g/mol. The van der Waals surface area contributed by atoms with Gasteiger partial charge in [0.25, 0.3) is 5.91 Å². The van der Waals surface area contributed by atoms with Gasteiger partial charge in [-0.25, -0.2) is 4.98 Å². The Kier molecular flexibility index (Phi) is 3.93. The summed E-state index contributed by atoms with van der Waals surface area (Å²) in [6.07, 6.45) is 3.78. The molecule has 0 saturated heterocycles. The van der Waals surface area contributed by atoms with E-state index in [1.165, 1.54) is 11.0 Å². The molecule has 1 aliphatic heterocycles. The molecule has 2 aromatic rings. The SMILES string of the molecule is C=CC(=O)N(C)c1ccc(C(=O)N2CCc3cccnc32)cc1.